The molecule has 1 aliphatic rings. The van der Waals surface area contributed by atoms with E-state index in [0.717, 1.165) is 18.8 Å². The van der Waals surface area contributed by atoms with Crippen LogP contribution in [-0.2, 0) is 11.3 Å². The van der Waals surface area contributed by atoms with Gasteiger partial charge in [-0.3, -0.25) is 25.7 Å². The van der Waals surface area contributed by atoms with Gasteiger partial charge in [0, 0.05) is 26.2 Å². The molecule has 1 saturated heterocycles. The number of rotatable bonds is 9. The number of amidine groups is 2. The van der Waals surface area contributed by atoms with Gasteiger partial charge in [-0.15, -0.1) is 0 Å². The van der Waals surface area contributed by atoms with Gasteiger partial charge >= 0.3 is 0 Å². The van der Waals surface area contributed by atoms with Crippen LogP contribution in [0.4, 0.5) is 0 Å². The molecule has 9 nitrogen and oxygen atoms in total. The zero-order chi connectivity index (χ0) is 23.5. The van der Waals surface area contributed by atoms with Crippen molar-refractivity contribution in [3.63, 3.8) is 0 Å². The topological polar surface area (TPSA) is 125 Å². The van der Waals surface area contributed by atoms with Gasteiger partial charge in [0.15, 0.2) is 16.1 Å². The molecule has 0 radical (unpaired) electrons. The Kier molecular flexibility index (Phi) is 11.3. The minimum absolute atomic E-state index is 0.206. The highest BCUT2D eigenvalue weighted by Crippen LogP contribution is 2.17. The fourth-order valence-corrected chi connectivity index (χ4v) is 4.92. The van der Waals surface area contributed by atoms with Gasteiger partial charge in [-0.05, 0) is 46.8 Å². The van der Waals surface area contributed by atoms with Crippen molar-refractivity contribution in [3.8, 4) is 0 Å². The summed E-state index contributed by atoms with van der Waals surface area (Å²) in [6.07, 6.45) is 0.412. The molecule has 32 heavy (non-hydrogen) atoms. The van der Waals surface area contributed by atoms with Crippen LogP contribution in [0, 0.1) is 5.41 Å². The Morgan fingerprint density at radius 3 is 2.53 bits per heavy atom. The molecule has 1 aromatic heterocycles. The number of hydrogen-bond donors (Lipinski definition) is 3. The highest BCUT2D eigenvalue weighted by Gasteiger charge is 2.23. The lowest BCUT2D eigenvalue weighted by molar-refractivity contribution is -0.0718. The van der Waals surface area contributed by atoms with Gasteiger partial charge in [-0.1, -0.05) is 23.5 Å². The summed E-state index contributed by atoms with van der Waals surface area (Å²) < 4.78 is 11.7. The Labute approximate surface area is 199 Å². The van der Waals surface area contributed by atoms with E-state index < -0.39 is 0 Å². The summed E-state index contributed by atoms with van der Waals surface area (Å²) in [6, 6.07) is 3.75. The average Bonchev–Trinajstić information content (AvgIpc) is 3.19. The van der Waals surface area contributed by atoms with Gasteiger partial charge in [-0.2, -0.15) is 5.10 Å². The molecule has 2 heterocycles. The van der Waals surface area contributed by atoms with Gasteiger partial charge in [0.25, 0.3) is 0 Å². The first-order valence-corrected chi connectivity index (χ1v) is 12.8. The Balaban J connectivity index is 1.91. The number of furan rings is 1. The van der Waals surface area contributed by atoms with Crippen LogP contribution in [-0.4, -0.2) is 70.1 Å². The van der Waals surface area contributed by atoms with Crippen LogP contribution in [0.15, 0.2) is 31.6 Å². The standard InChI is InChI=1S/C21H35N7O2S2/c1-6-24-20(23)31-13-32-21(25-7-2)27-26-16(5)19(22)18-9-8-17(30-18)12-28-10-14(3)29-15(4)11-28/h8-9,14-15,22H,6-7,10-13H2,1-5H3,(H2,23,24)(H,25,27)/b22-19?,26-16+. The minimum Gasteiger partial charge on any atom is -0.458 e. The van der Waals surface area contributed by atoms with E-state index in [4.69, 9.17) is 20.3 Å². The predicted octanol–water partition coefficient (Wildman–Crippen LogP) is 3.36. The Morgan fingerprint density at radius 2 is 1.88 bits per heavy atom. The highest BCUT2D eigenvalue weighted by molar-refractivity contribution is 8.29. The van der Waals surface area contributed by atoms with Crippen molar-refractivity contribution >= 4 is 45.3 Å². The fraction of sp³-hybridized carbons (Fsp3) is 0.619. The molecule has 0 bridgehead atoms. The molecular weight excluding hydrogens is 446 g/mol. The van der Waals surface area contributed by atoms with Crippen LogP contribution in [0.1, 0.15) is 46.1 Å². The van der Waals surface area contributed by atoms with Gasteiger partial charge in [0.1, 0.15) is 11.5 Å². The highest BCUT2D eigenvalue weighted by atomic mass is 32.2. The molecule has 4 N–H and O–H groups in total. The Morgan fingerprint density at radius 1 is 1.19 bits per heavy atom. The number of thioether (sulfide) groups is 2. The summed E-state index contributed by atoms with van der Waals surface area (Å²) in [7, 11) is 0. The second kappa shape index (κ2) is 13.7. The number of aliphatic imine (C=N–C) groups is 2. The predicted molar refractivity (Wildman–Crippen MR) is 137 cm³/mol. The summed E-state index contributed by atoms with van der Waals surface area (Å²) >= 11 is 2.96. The summed E-state index contributed by atoms with van der Waals surface area (Å²) in [4.78, 5) is 10.9. The van der Waals surface area contributed by atoms with Gasteiger partial charge in [-0.25, -0.2) is 0 Å². The van der Waals surface area contributed by atoms with E-state index in [1.807, 2.05) is 26.0 Å². The zero-order valence-corrected chi connectivity index (χ0v) is 21.2. The van der Waals surface area contributed by atoms with Crippen molar-refractivity contribution in [2.75, 3.05) is 31.3 Å². The molecule has 11 heteroatoms. The molecule has 1 aliphatic heterocycles. The summed E-state index contributed by atoms with van der Waals surface area (Å²) in [5.41, 5.74) is 9.53. The second-order valence-corrected chi connectivity index (χ2v) is 9.73. The van der Waals surface area contributed by atoms with Crippen LogP contribution in [0.2, 0.25) is 0 Å². The first-order valence-electron chi connectivity index (χ1n) is 10.8. The third-order valence-electron chi connectivity index (χ3n) is 4.48. The third-order valence-corrected chi connectivity index (χ3v) is 6.34. The van der Waals surface area contributed by atoms with Crippen molar-refractivity contribution < 1.29 is 9.15 Å². The first-order chi connectivity index (χ1) is 15.3. The molecule has 0 aliphatic carbocycles. The van der Waals surface area contributed by atoms with Crippen LogP contribution in [0.25, 0.3) is 0 Å². The second-order valence-electron chi connectivity index (χ2n) is 7.40. The van der Waals surface area contributed by atoms with Crippen LogP contribution < -0.4 is 11.2 Å². The SMILES string of the molecule is CCN=C(N)SCSC(=NCC)N/N=C(\C)C(=N)c1ccc(CN2CC(C)OC(C)C2)o1. The molecule has 2 unspecified atom stereocenters. The van der Waals surface area contributed by atoms with E-state index in [1.165, 1.54) is 23.5 Å². The lowest BCUT2D eigenvalue weighted by Gasteiger charge is -2.34. The zero-order valence-electron chi connectivity index (χ0n) is 19.6. The van der Waals surface area contributed by atoms with Crippen molar-refractivity contribution in [2.24, 2.45) is 20.8 Å². The van der Waals surface area contributed by atoms with Crippen molar-refractivity contribution in [2.45, 2.75) is 53.4 Å². The molecule has 2 rings (SSSR count). The Hall–Kier alpha value is -1.82. The molecular formula is C21H35N7O2S2. The normalized spacial score (nSPS) is 21.1. The monoisotopic (exact) mass is 481 g/mol. The lowest BCUT2D eigenvalue weighted by Crippen LogP contribution is -2.44. The summed E-state index contributed by atoms with van der Waals surface area (Å²) in [5.74, 6) is 1.33. The maximum atomic E-state index is 8.44. The smallest absolute Gasteiger partial charge is 0.177 e. The summed E-state index contributed by atoms with van der Waals surface area (Å²) in [6.45, 7) is 13.6. The molecule has 0 aromatic carbocycles. The largest absolute Gasteiger partial charge is 0.458 e. The molecule has 1 fully saturated rings. The van der Waals surface area contributed by atoms with E-state index in [1.54, 1.807) is 6.92 Å². The molecule has 0 amide bonds. The third kappa shape index (κ3) is 8.97. The number of hydrogen-bond acceptors (Lipinski definition) is 9. The van der Waals surface area contributed by atoms with E-state index in [9.17, 15) is 0 Å². The Bertz CT molecular complexity index is 828. The number of nitrogens with one attached hydrogen (secondary N) is 2. The lowest BCUT2D eigenvalue weighted by atomic mass is 10.2. The quantitative estimate of drug-likeness (QED) is 0.214. The van der Waals surface area contributed by atoms with Crippen LogP contribution >= 0.6 is 23.5 Å². The number of morpholine rings is 1. The van der Waals surface area contributed by atoms with Crippen molar-refractivity contribution in [1.82, 2.24) is 10.3 Å². The van der Waals surface area contributed by atoms with Gasteiger partial charge < -0.3 is 14.9 Å². The maximum absolute atomic E-state index is 8.44. The van der Waals surface area contributed by atoms with Gasteiger partial charge in [0.2, 0.25) is 0 Å². The number of nitrogens with zero attached hydrogens (tertiary/aromatic N) is 4. The van der Waals surface area contributed by atoms with Gasteiger partial charge in [0.05, 0.1) is 29.5 Å². The van der Waals surface area contributed by atoms with Crippen LogP contribution in [0.5, 0.6) is 0 Å². The number of ether oxygens (including phenoxy) is 1. The number of hydrazone groups is 1. The van der Waals surface area contributed by atoms with Crippen molar-refractivity contribution in [1.29, 1.82) is 5.41 Å². The van der Waals surface area contributed by atoms with E-state index >= 15 is 0 Å². The molecule has 178 valence electrons. The fourth-order valence-electron chi connectivity index (χ4n) is 3.20. The average molecular weight is 482 g/mol. The van der Waals surface area contributed by atoms with E-state index in [0.29, 0.717) is 46.5 Å². The molecule has 1 aromatic rings. The minimum atomic E-state index is 0.206. The summed E-state index contributed by atoms with van der Waals surface area (Å²) in [5, 5.41) is 14.7. The van der Waals surface area contributed by atoms with E-state index in [-0.39, 0.29) is 17.9 Å². The van der Waals surface area contributed by atoms with Crippen molar-refractivity contribution in [3.05, 3.63) is 23.7 Å². The molecule has 0 spiro atoms. The molecule has 2 atom stereocenters. The van der Waals surface area contributed by atoms with E-state index in [2.05, 4.69) is 39.3 Å². The maximum Gasteiger partial charge on any atom is 0.177 e. The first kappa shape index (κ1) is 26.4. The van der Waals surface area contributed by atoms with Crippen LogP contribution in [0.3, 0.4) is 0 Å². The molecule has 0 saturated carbocycles. The number of nitrogens with two attached hydrogens (primary N) is 1.